The summed E-state index contributed by atoms with van der Waals surface area (Å²) in [5, 5.41) is 10.3. The predicted molar refractivity (Wildman–Crippen MR) is 121 cm³/mol. The van der Waals surface area contributed by atoms with Crippen LogP contribution in [0.5, 0.6) is 0 Å². The molecular weight excluding hydrogens is 427 g/mol. The normalized spacial score (nSPS) is 22.1. The van der Waals surface area contributed by atoms with Gasteiger partial charge in [0, 0.05) is 18.5 Å². The van der Waals surface area contributed by atoms with Crippen LogP contribution in [0.25, 0.3) is 11.8 Å². The van der Waals surface area contributed by atoms with Crippen LogP contribution in [0.2, 0.25) is 0 Å². The first-order valence-electron chi connectivity index (χ1n) is 10.9. The van der Waals surface area contributed by atoms with E-state index in [-0.39, 0.29) is 17.0 Å². The van der Waals surface area contributed by atoms with Gasteiger partial charge >= 0.3 is 5.97 Å². The number of carbonyl (C=O) groups excluding carboxylic acids is 1. The molecule has 8 heteroatoms. The Morgan fingerprint density at radius 2 is 2.12 bits per heavy atom. The molecule has 6 nitrogen and oxygen atoms in total. The fourth-order valence-corrected chi connectivity index (χ4v) is 6.08. The van der Waals surface area contributed by atoms with Gasteiger partial charge in [0.05, 0.1) is 29.6 Å². The number of rotatable bonds is 5. The van der Waals surface area contributed by atoms with Crippen molar-refractivity contribution < 1.29 is 13.9 Å². The molecule has 5 rings (SSSR count). The molecule has 0 aliphatic heterocycles. The summed E-state index contributed by atoms with van der Waals surface area (Å²) in [5.74, 6) is -0.434. The third kappa shape index (κ3) is 3.66. The Hall–Kier alpha value is -2.87. The molecule has 2 atom stereocenters. The van der Waals surface area contributed by atoms with E-state index in [1.807, 2.05) is 37.1 Å². The quantitative estimate of drug-likeness (QED) is 0.531. The highest BCUT2D eigenvalue weighted by Crippen LogP contribution is 2.52. The molecule has 0 bridgehead atoms. The van der Waals surface area contributed by atoms with Crippen molar-refractivity contribution >= 4 is 23.8 Å². The maximum Gasteiger partial charge on any atom is 0.316 e. The number of ether oxygens (including phenoxy) is 1. The van der Waals surface area contributed by atoms with Crippen molar-refractivity contribution in [1.82, 2.24) is 19.6 Å². The molecule has 0 amide bonds. The van der Waals surface area contributed by atoms with E-state index < -0.39 is 5.41 Å². The van der Waals surface area contributed by atoms with Gasteiger partial charge in [-0.3, -0.25) is 9.48 Å². The van der Waals surface area contributed by atoms with Crippen LogP contribution in [0.1, 0.15) is 37.4 Å². The van der Waals surface area contributed by atoms with E-state index in [0.29, 0.717) is 19.4 Å². The average Bonchev–Trinajstić information content (AvgIpc) is 3.38. The average molecular weight is 453 g/mol. The highest BCUT2D eigenvalue weighted by molar-refractivity contribution is 7.99. The number of aryl methyl sites for hydroxylation is 1. The Balaban J connectivity index is 1.49. The summed E-state index contributed by atoms with van der Waals surface area (Å²) < 4.78 is 22.6. The zero-order chi connectivity index (χ0) is 22.3. The molecule has 1 saturated carbocycles. The summed E-state index contributed by atoms with van der Waals surface area (Å²) in [4.78, 5) is 13.3. The number of nitrogens with zero attached hydrogens (tertiary/aromatic N) is 4. The molecule has 0 spiro atoms. The van der Waals surface area contributed by atoms with E-state index in [1.54, 1.807) is 28.6 Å². The number of carbonyl (C=O) groups is 1. The number of esters is 1. The van der Waals surface area contributed by atoms with Crippen molar-refractivity contribution in [2.75, 3.05) is 6.61 Å². The molecule has 2 aromatic heterocycles. The maximum absolute atomic E-state index is 13.4. The summed E-state index contributed by atoms with van der Waals surface area (Å²) in [5.41, 5.74) is 3.19. The SMILES string of the molecule is CCOC(=O)[C@]12Cc3cnn(-c4ccc(F)cc4)c3C=C1CC[C@H](Sc1ccn(C)n1)C2. The van der Waals surface area contributed by atoms with Gasteiger partial charge in [-0.2, -0.15) is 10.2 Å². The number of hydrogen-bond donors (Lipinski definition) is 0. The van der Waals surface area contributed by atoms with E-state index in [0.717, 1.165) is 40.4 Å². The van der Waals surface area contributed by atoms with Crippen LogP contribution in [0.15, 0.2) is 53.3 Å². The molecule has 2 heterocycles. The highest BCUT2D eigenvalue weighted by Gasteiger charge is 2.50. The fraction of sp³-hybridized carbons (Fsp3) is 0.375. The lowest BCUT2D eigenvalue weighted by atomic mass is 9.64. The van der Waals surface area contributed by atoms with Gasteiger partial charge in [0.25, 0.3) is 0 Å². The molecule has 0 radical (unpaired) electrons. The molecule has 0 saturated heterocycles. The Labute approximate surface area is 190 Å². The molecular formula is C24H25FN4O2S. The van der Waals surface area contributed by atoms with Crippen molar-refractivity contribution in [3.63, 3.8) is 0 Å². The molecule has 0 unspecified atom stereocenters. The summed E-state index contributed by atoms with van der Waals surface area (Å²) in [7, 11) is 1.91. The van der Waals surface area contributed by atoms with Crippen LogP contribution >= 0.6 is 11.8 Å². The van der Waals surface area contributed by atoms with E-state index in [1.165, 1.54) is 12.1 Å². The van der Waals surface area contributed by atoms with Crippen molar-refractivity contribution in [3.05, 3.63) is 65.4 Å². The largest absolute Gasteiger partial charge is 0.465 e. The van der Waals surface area contributed by atoms with Crippen molar-refractivity contribution in [1.29, 1.82) is 0 Å². The Morgan fingerprint density at radius 3 is 2.84 bits per heavy atom. The van der Waals surface area contributed by atoms with Crippen molar-refractivity contribution in [2.45, 2.75) is 42.9 Å². The summed E-state index contributed by atoms with van der Waals surface area (Å²) >= 11 is 1.74. The molecule has 32 heavy (non-hydrogen) atoms. The molecule has 1 fully saturated rings. The summed E-state index contributed by atoms with van der Waals surface area (Å²) in [6.07, 6.45) is 8.92. The lowest BCUT2D eigenvalue weighted by molar-refractivity contribution is -0.154. The van der Waals surface area contributed by atoms with E-state index >= 15 is 0 Å². The number of benzene rings is 1. The van der Waals surface area contributed by atoms with Gasteiger partial charge in [-0.05, 0) is 74.6 Å². The monoisotopic (exact) mass is 452 g/mol. The van der Waals surface area contributed by atoms with Crippen LogP contribution in [0.3, 0.4) is 0 Å². The maximum atomic E-state index is 13.4. The zero-order valence-electron chi connectivity index (χ0n) is 18.1. The predicted octanol–water partition coefficient (Wildman–Crippen LogP) is 4.58. The van der Waals surface area contributed by atoms with Gasteiger partial charge < -0.3 is 4.74 Å². The Kier molecular flexibility index (Phi) is 5.41. The van der Waals surface area contributed by atoms with Gasteiger partial charge in [-0.1, -0.05) is 5.57 Å². The van der Waals surface area contributed by atoms with Gasteiger partial charge in [0.15, 0.2) is 0 Å². The van der Waals surface area contributed by atoms with Crippen LogP contribution in [0, 0.1) is 11.2 Å². The topological polar surface area (TPSA) is 61.9 Å². The number of thioether (sulfide) groups is 1. The second-order valence-corrected chi connectivity index (χ2v) is 9.72. The first-order chi connectivity index (χ1) is 15.5. The van der Waals surface area contributed by atoms with Gasteiger partial charge in [-0.25, -0.2) is 9.07 Å². The third-order valence-corrected chi connectivity index (χ3v) is 7.52. The Bertz CT molecular complexity index is 1180. The number of hydrogen-bond acceptors (Lipinski definition) is 5. The number of fused-ring (bicyclic) bond motifs is 2. The van der Waals surface area contributed by atoms with Gasteiger partial charge in [-0.15, -0.1) is 11.8 Å². The first-order valence-corrected chi connectivity index (χ1v) is 11.7. The zero-order valence-corrected chi connectivity index (χ0v) is 18.9. The van der Waals surface area contributed by atoms with E-state index in [9.17, 15) is 9.18 Å². The summed E-state index contributed by atoms with van der Waals surface area (Å²) in [6, 6.07) is 8.31. The number of halogens is 1. The van der Waals surface area contributed by atoms with Gasteiger partial charge in [0.2, 0.25) is 0 Å². The van der Waals surface area contributed by atoms with Crippen LogP contribution < -0.4 is 0 Å². The molecule has 0 N–H and O–H groups in total. The van der Waals surface area contributed by atoms with Crippen LogP contribution in [-0.4, -0.2) is 37.4 Å². The van der Waals surface area contributed by atoms with E-state index in [4.69, 9.17) is 4.74 Å². The number of aromatic nitrogens is 4. The minimum Gasteiger partial charge on any atom is -0.465 e. The fourth-order valence-electron chi connectivity index (χ4n) is 4.82. The van der Waals surface area contributed by atoms with Crippen LogP contribution in [0.4, 0.5) is 4.39 Å². The first kappa shape index (κ1) is 21.0. The molecule has 3 aromatic rings. The van der Waals surface area contributed by atoms with Crippen molar-refractivity contribution in [3.8, 4) is 5.69 Å². The second kappa shape index (κ2) is 8.24. The van der Waals surface area contributed by atoms with Crippen LogP contribution in [-0.2, 0) is 23.0 Å². The lowest BCUT2D eigenvalue weighted by Gasteiger charge is -2.42. The molecule has 2 aliphatic rings. The molecule has 2 aliphatic carbocycles. The lowest BCUT2D eigenvalue weighted by Crippen LogP contribution is -2.44. The smallest absolute Gasteiger partial charge is 0.316 e. The van der Waals surface area contributed by atoms with Crippen molar-refractivity contribution in [2.24, 2.45) is 12.5 Å². The Morgan fingerprint density at radius 1 is 1.31 bits per heavy atom. The minimum absolute atomic E-state index is 0.155. The second-order valence-electron chi connectivity index (χ2n) is 8.40. The molecule has 166 valence electrons. The minimum atomic E-state index is -0.676. The standard InChI is InChI=1S/C24H25FN4O2S/c1-3-31-23(30)24-13-16-15-26-29(19-7-5-18(25)6-8-19)21(16)12-17(24)4-9-20(14-24)32-22-10-11-28(2)27-22/h5-8,10-12,15,20H,3-4,9,13-14H2,1-2H3/t20-,24-/m0/s1. The molecule has 1 aromatic carbocycles. The summed E-state index contributed by atoms with van der Waals surface area (Å²) in [6.45, 7) is 2.20. The van der Waals surface area contributed by atoms with Gasteiger partial charge in [0.1, 0.15) is 10.8 Å². The highest BCUT2D eigenvalue weighted by atomic mass is 32.2. The van der Waals surface area contributed by atoms with E-state index in [2.05, 4.69) is 16.3 Å². The third-order valence-electron chi connectivity index (χ3n) is 6.33.